The summed E-state index contributed by atoms with van der Waals surface area (Å²) in [5.41, 5.74) is -0.0703. The zero-order valence-electron chi connectivity index (χ0n) is 6.05. The predicted octanol–water partition coefficient (Wildman–Crippen LogP) is 3.74. The first kappa shape index (κ1) is 11.0. The fourth-order valence-corrected chi connectivity index (χ4v) is 2.63. The van der Waals surface area contributed by atoms with Gasteiger partial charge in [0, 0.05) is 4.88 Å². The third kappa shape index (κ3) is 2.71. The number of carboxylic acids is 1. The Kier molecular flexibility index (Phi) is 3.79. The van der Waals surface area contributed by atoms with Crippen LogP contribution in [0, 0.1) is 0 Å². The summed E-state index contributed by atoms with van der Waals surface area (Å²) in [6.45, 7) is 0. The minimum absolute atomic E-state index is 0.0703. The molecule has 1 aromatic heterocycles. The summed E-state index contributed by atoms with van der Waals surface area (Å²) in [5, 5.41) is 8.77. The molecule has 0 saturated heterocycles. The van der Waals surface area contributed by atoms with E-state index in [0.717, 1.165) is 3.79 Å². The Hall–Kier alpha value is -0.0300. The molecule has 0 radical (unpaired) electrons. The Morgan fingerprint density at radius 3 is 2.38 bits per heavy atom. The van der Waals surface area contributed by atoms with Crippen molar-refractivity contribution >= 4 is 62.0 Å². The van der Waals surface area contributed by atoms with E-state index in [4.69, 9.17) is 28.3 Å². The minimum atomic E-state index is -1.13. The lowest BCUT2D eigenvalue weighted by atomic mass is 10.2. The lowest BCUT2D eigenvalue weighted by Crippen LogP contribution is -1.98. The van der Waals surface area contributed by atoms with Crippen molar-refractivity contribution in [3.63, 3.8) is 0 Å². The molecule has 1 aromatic rings. The van der Waals surface area contributed by atoms with Gasteiger partial charge in [-0.25, -0.2) is 4.79 Å². The first-order chi connectivity index (χ1) is 6.02. The maximum atomic E-state index is 10.7. The summed E-state index contributed by atoms with van der Waals surface area (Å²) in [6.07, 6.45) is 0. The molecule has 0 aliphatic carbocycles. The summed E-state index contributed by atoms with van der Waals surface area (Å²) in [4.78, 5) is 11.2. The van der Waals surface area contributed by atoms with E-state index in [-0.39, 0.29) is 10.1 Å². The van der Waals surface area contributed by atoms with E-state index in [2.05, 4.69) is 15.9 Å². The number of hydrogen-bond acceptors (Lipinski definition) is 2. The van der Waals surface area contributed by atoms with E-state index in [0.29, 0.717) is 4.88 Å². The van der Waals surface area contributed by atoms with E-state index in [9.17, 15) is 4.79 Å². The Balaban J connectivity index is 3.19. The van der Waals surface area contributed by atoms with E-state index in [1.807, 2.05) is 0 Å². The third-order valence-corrected chi connectivity index (χ3v) is 3.24. The molecule has 0 spiro atoms. The van der Waals surface area contributed by atoms with E-state index < -0.39 is 5.97 Å². The quantitative estimate of drug-likeness (QED) is 0.845. The van der Waals surface area contributed by atoms with E-state index in [1.165, 1.54) is 11.3 Å². The van der Waals surface area contributed by atoms with Gasteiger partial charge in [0.05, 0.1) is 3.79 Å². The van der Waals surface area contributed by atoms with Crippen LogP contribution in [0.25, 0.3) is 5.57 Å². The number of halogens is 3. The third-order valence-electron chi connectivity index (χ3n) is 1.22. The molecular weight excluding hydrogens is 299 g/mol. The molecule has 0 amide bonds. The maximum Gasteiger partial charge on any atom is 0.339 e. The molecule has 0 atom stereocenters. The van der Waals surface area contributed by atoms with Crippen LogP contribution in [0.1, 0.15) is 4.88 Å². The molecule has 0 aromatic carbocycles. The Bertz CT molecular complexity index is 368. The van der Waals surface area contributed by atoms with Gasteiger partial charge in [0.1, 0.15) is 10.1 Å². The number of rotatable bonds is 2. The highest BCUT2D eigenvalue weighted by Crippen LogP contribution is 2.32. The second-order valence-corrected chi connectivity index (χ2v) is 5.46. The van der Waals surface area contributed by atoms with Crippen molar-refractivity contribution in [2.24, 2.45) is 0 Å². The highest BCUT2D eigenvalue weighted by molar-refractivity contribution is 9.11. The van der Waals surface area contributed by atoms with Crippen molar-refractivity contribution < 1.29 is 9.90 Å². The topological polar surface area (TPSA) is 37.3 Å². The Morgan fingerprint density at radius 2 is 2.08 bits per heavy atom. The number of thiophene rings is 1. The van der Waals surface area contributed by atoms with Gasteiger partial charge >= 0.3 is 5.97 Å². The van der Waals surface area contributed by atoms with Gasteiger partial charge in [0.15, 0.2) is 0 Å². The van der Waals surface area contributed by atoms with Gasteiger partial charge in [0.25, 0.3) is 0 Å². The first-order valence-electron chi connectivity index (χ1n) is 3.06. The standard InChI is InChI=1S/C7H3BrCl2O2S/c8-4-2-1-3(13-4)5(6(9)10)7(11)12/h1-2H,(H,11,12). The summed E-state index contributed by atoms with van der Waals surface area (Å²) in [7, 11) is 0. The van der Waals surface area contributed by atoms with Crippen molar-refractivity contribution in [3.05, 3.63) is 25.3 Å². The predicted molar refractivity (Wildman–Crippen MR) is 58.3 cm³/mol. The maximum absolute atomic E-state index is 10.7. The average Bonchev–Trinajstić information content (AvgIpc) is 2.34. The summed E-state index contributed by atoms with van der Waals surface area (Å²) in [6, 6.07) is 3.38. The highest BCUT2D eigenvalue weighted by Gasteiger charge is 2.16. The molecule has 1 N–H and O–H groups in total. The van der Waals surface area contributed by atoms with Gasteiger partial charge in [-0.2, -0.15) is 0 Å². The molecule has 0 saturated carbocycles. The van der Waals surface area contributed by atoms with Gasteiger partial charge in [-0.05, 0) is 28.1 Å². The van der Waals surface area contributed by atoms with Gasteiger partial charge in [0.2, 0.25) is 0 Å². The van der Waals surface area contributed by atoms with Crippen molar-refractivity contribution in [3.8, 4) is 0 Å². The van der Waals surface area contributed by atoms with Crippen LogP contribution in [0.3, 0.4) is 0 Å². The summed E-state index contributed by atoms with van der Waals surface area (Å²) >= 11 is 15.4. The lowest BCUT2D eigenvalue weighted by Gasteiger charge is -1.97. The van der Waals surface area contributed by atoms with Crippen LogP contribution in [-0.2, 0) is 4.79 Å². The smallest absolute Gasteiger partial charge is 0.339 e. The Morgan fingerprint density at radius 1 is 1.46 bits per heavy atom. The average molecular weight is 302 g/mol. The molecule has 70 valence electrons. The van der Waals surface area contributed by atoms with Crippen LogP contribution in [0.5, 0.6) is 0 Å². The molecular formula is C7H3BrCl2O2S. The molecule has 2 nitrogen and oxygen atoms in total. The fraction of sp³-hybridized carbons (Fsp3) is 0. The number of carbonyl (C=O) groups is 1. The molecule has 0 aliphatic heterocycles. The van der Waals surface area contributed by atoms with Crippen molar-refractivity contribution in [2.45, 2.75) is 0 Å². The summed E-state index contributed by atoms with van der Waals surface area (Å²) < 4.78 is 0.595. The monoisotopic (exact) mass is 300 g/mol. The molecule has 0 bridgehead atoms. The van der Waals surface area contributed by atoms with Crippen LogP contribution < -0.4 is 0 Å². The van der Waals surface area contributed by atoms with Crippen LogP contribution in [0.15, 0.2) is 20.4 Å². The van der Waals surface area contributed by atoms with Crippen LogP contribution >= 0.6 is 50.5 Å². The zero-order valence-corrected chi connectivity index (χ0v) is 9.97. The van der Waals surface area contributed by atoms with Gasteiger partial charge in [-0.3, -0.25) is 0 Å². The van der Waals surface area contributed by atoms with Crippen molar-refractivity contribution in [2.75, 3.05) is 0 Å². The molecule has 0 unspecified atom stereocenters. The van der Waals surface area contributed by atoms with Gasteiger partial charge < -0.3 is 5.11 Å². The zero-order chi connectivity index (χ0) is 10.0. The number of aliphatic carboxylic acids is 1. The summed E-state index contributed by atoms with van der Waals surface area (Å²) in [5.74, 6) is -1.13. The second kappa shape index (κ2) is 4.46. The first-order valence-corrected chi connectivity index (χ1v) is 5.43. The SMILES string of the molecule is O=C(O)C(=C(Cl)Cl)c1ccc(Br)s1. The fourth-order valence-electron chi connectivity index (χ4n) is 0.728. The van der Waals surface area contributed by atoms with Crippen LogP contribution in [0.4, 0.5) is 0 Å². The minimum Gasteiger partial charge on any atom is -0.478 e. The van der Waals surface area contributed by atoms with E-state index in [1.54, 1.807) is 12.1 Å². The molecule has 0 fully saturated rings. The van der Waals surface area contributed by atoms with E-state index >= 15 is 0 Å². The van der Waals surface area contributed by atoms with Crippen LogP contribution in [-0.4, -0.2) is 11.1 Å². The molecule has 13 heavy (non-hydrogen) atoms. The normalized spacial score (nSPS) is 9.77. The lowest BCUT2D eigenvalue weighted by molar-refractivity contribution is -0.130. The molecule has 1 rings (SSSR count). The highest BCUT2D eigenvalue weighted by atomic mass is 79.9. The Labute approximate surface area is 96.9 Å². The van der Waals surface area contributed by atoms with Crippen molar-refractivity contribution in [1.82, 2.24) is 0 Å². The van der Waals surface area contributed by atoms with Crippen LogP contribution in [0.2, 0.25) is 0 Å². The number of carboxylic acid groups (broad SMARTS) is 1. The largest absolute Gasteiger partial charge is 0.478 e. The molecule has 6 heteroatoms. The van der Waals surface area contributed by atoms with Gasteiger partial charge in [-0.15, -0.1) is 11.3 Å². The molecule has 1 heterocycles. The van der Waals surface area contributed by atoms with Crippen molar-refractivity contribution in [1.29, 1.82) is 0 Å². The molecule has 0 aliphatic rings. The number of hydrogen-bond donors (Lipinski definition) is 1. The van der Waals surface area contributed by atoms with Gasteiger partial charge in [-0.1, -0.05) is 23.2 Å². The second-order valence-electron chi connectivity index (χ2n) is 2.04.